The molecule has 1 unspecified atom stereocenters. The van der Waals surface area contributed by atoms with Crippen LogP contribution in [0, 0.1) is 5.41 Å². The zero-order valence-corrected chi connectivity index (χ0v) is 10.5. The van der Waals surface area contributed by atoms with E-state index in [0.717, 1.165) is 19.3 Å². The summed E-state index contributed by atoms with van der Waals surface area (Å²) in [7, 11) is 0. The molecule has 0 aliphatic carbocycles. The topological polar surface area (TPSA) is 35.5 Å². The molecule has 1 heterocycles. The maximum absolute atomic E-state index is 11.5. The zero-order valence-electron chi connectivity index (χ0n) is 10.5. The summed E-state index contributed by atoms with van der Waals surface area (Å²) in [6.07, 6.45) is 2.94. The van der Waals surface area contributed by atoms with Crippen molar-refractivity contribution in [3.8, 4) is 0 Å². The predicted octanol–water partition coefficient (Wildman–Crippen LogP) is 2.70. The lowest BCUT2D eigenvalue weighted by Crippen LogP contribution is -2.52. The Hall–Kier alpha value is -0.830. The molecule has 0 amide bonds. The van der Waals surface area contributed by atoms with Crippen LogP contribution in [0.25, 0.3) is 0 Å². The molecule has 0 spiro atoms. The Labute approximate surface area is 97.8 Å². The predicted molar refractivity (Wildman–Crippen MR) is 63.1 cm³/mol. The van der Waals surface area contributed by atoms with Crippen molar-refractivity contribution >= 4 is 5.97 Å². The summed E-state index contributed by atoms with van der Waals surface area (Å²) in [6, 6.07) is 0. The van der Waals surface area contributed by atoms with E-state index in [-0.39, 0.29) is 17.5 Å². The van der Waals surface area contributed by atoms with Gasteiger partial charge in [0, 0.05) is 5.57 Å². The maximum atomic E-state index is 11.5. The van der Waals surface area contributed by atoms with Gasteiger partial charge in [0.25, 0.3) is 0 Å². The minimum Gasteiger partial charge on any atom is -0.458 e. The number of hydrogen-bond donors (Lipinski definition) is 0. The molecule has 1 fully saturated rings. The van der Waals surface area contributed by atoms with Gasteiger partial charge in [-0.3, -0.25) is 0 Å². The van der Waals surface area contributed by atoms with Crippen LogP contribution in [0.5, 0.6) is 0 Å². The molecule has 0 aromatic heterocycles. The summed E-state index contributed by atoms with van der Waals surface area (Å²) >= 11 is 0. The molecule has 16 heavy (non-hydrogen) atoms. The highest BCUT2D eigenvalue weighted by Crippen LogP contribution is 2.39. The first-order chi connectivity index (χ1) is 7.55. The van der Waals surface area contributed by atoms with Gasteiger partial charge < -0.3 is 9.47 Å². The van der Waals surface area contributed by atoms with E-state index in [1.807, 2.05) is 6.92 Å². The second kappa shape index (κ2) is 5.48. The molecule has 1 saturated heterocycles. The average molecular weight is 226 g/mol. The molecular formula is C13H22O3. The van der Waals surface area contributed by atoms with Crippen LogP contribution < -0.4 is 0 Å². The van der Waals surface area contributed by atoms with Gasteiger partial charge in [-0.2, -0.15) is 0 Å². The third kappa shape index (κ3) is 2.64. The number of hydrogen-bond acceptors (Lipinski definition) is 3. The van der Waals surface area contributed by atoms with Crippen molar-refractivity contribution in [3.63, 3.8) is 0 Å². The summed E-state index contributed by atoms with van der Waals surface area (Å²) in [5.41, 5.74) is 0.513. The van der Waals surface area contributed by atoms with E-state index in [2.05, 4.69) is 13.5 Å². The lowest BCUT2D eigenvalue weighted by molar-refractivity contribution is -0.196. The van der Waals surface area contributed by atoms with Gasteiger partial charge in [0.1, 0.15) is 6.10 Å². The first-order valence-electron chi connectivity index (χ1n) is 6.00. The highest BCUT2D eigenvalue weighted by atomic mass is 16.6. The summed E-state index contributed by atoms with van der Waals surface area (Å²) in [5.74, 6) is -0.283. The van der Waals surface area contributed by atoms with Crippen molar-refractivity contribution in [2.45, 2.75) is 46.1 Å². The Balaban J connectivity index is 2.65. The van der Waals surface area contributed by atoms with Crippen LogP contribution in [0.1, 0.15) is 40.0 Å². The molecule has 92 valence electrons. The van der Waals surface area contributed by atoms with E-state index in [1.165, 1.54) is 0 Å². The van der Waals surface area contributed by atoms with Gasteiger partial charge in [0.2, 0.25) is 0 Å². The fourth-order valence-corrected chi connectivity index (χ4v) is 2.22. The van der Waals surface area contributed by atoms with Gasteiger partial charge in [-0.25, -0.2) is 4.79 Å². The van der Waals surface area contributed by atoms with Crippen molar-refractivity contribution in [2.75, 3.05) is 13.2 Å². The van der Waals surface area contributed by atoms with Crippen molar-refractivity contribution in [1.82, 2.24) is 0 Å². The van der Waals surface area contributed by atoms with Crippen LogP contribution in [0.4, 0.5) is 0 Å². The van der Waals surface area contributed by atoms with Gasteiger partial charge >= 0.3 is 5.97 Å². The smallest absolute Gasteiger partial charge is 0.333 e. The quantitative estimate of drug-likeness (QED) is 0.516. The Morgan fingerprint density at radius 2 is 2.12 bits per heavy atom. The Kier molecular flexibility index (Phi) is 4.54. The van der Waals surface area contributed by atoms with Crippen LogP contribution in [0.3, 0.4) is 0 Å². The van der Waals surface area contributed by atoms with E-state index < -0.39 is 0 Å². The van der Waals surface area contributed by atoms with Gasteiger partial charge in [-0.15, -0.1) is 0 Å². The highest BCUT2D eigenvalue weighted by Gasteiger charge is 2.46. The molecule has 3 heteroatoms. The molecule has 0 aromatic rings. The third-order valence-corrected chi connectivity index (χ3v) is 3.18. The number of esters is 1. The molecule has 3 nitrogen and oxygen atoms in total. The normalized spacial score (nSPS) is 19.7. The molecule has 0 aromatic carbocycles. The standard InChI is InChI=1S/C13H22O3/c1-5-7-13(8-15-9-13)11(6-2)16-12(14)10(3)4/h11H,3,5-9H2,1-2,4H3. The second-order valence-electron chi connectivity index (χ2n) is 4.69. The minimum atomic E-state index is -0.283. The molecule has 0 saturated carbocycles. The van der Waals surface area contributed by atoms with Crippen LogP contribution in [-0.2, 0) is 14.3 Å². The fourth-order valence-electron chi connectivity index (χ4n) is 2.22. The van der Waals surface area contributed by atoms with Crippen LogP contribution in [-0.4, -0.2) is 25.3 Å². The number of ether oxygens (including phenoxy) is 2. The van der Waals surface area contributed by atoms with Gasteiger partial charge in [0.05, 0.1) is 18.6 Å². The van der Waals surface area contributed by atoms with Crippen molar-refractivity contribution in [2.24, 2.45) is 5.41 Å². The van der Waals surface area contributed by atoms with E-state index >= 15 is 0 Å². The molecule has 1 aliphatic heterocycles. The van der Waals surface area contributed by atoms with Gasteiger partial charge in [-0.05, 0) is 19.8 Å². The summed E-state index contributed by atoms with van der Waals surface area (Å²) < 4.78 is 10.8. The first-order valence-corrected chi connectivity index (χ1v) is 6.00. The molecule has 0 N–H and O–H groups in total. The summed E-state index contributed by atoms with van der Waals surface area (Å²) in [5, 5.41) is 0. The first kappa shape index (κ1) is 13.2. The third-order valence-electron chi connectivity index (χ3n) is 3.18. The maximum Gasteiger partial charge on any atom is 0.333 e. The lowest BCUT2D eigenvalue weighted by atomic mass is 9.75. The largest absolute Gasteiger partial charge is 0.458 e. The monoisotopic (exact) mass is 226 g/mol. The average Bonchev–Trinajstić information content (AvgIpc) is 2.20. The van der Waals surface area contributed by atoms with Crippen LogP contribution >= 0.6 is 0 Å². The number of rotatable bonds is 6. The SMILES string of the molecule is C=C(C)C(=O)OC(CC)C1(CCC)COC1. The fraction of sp³-hybridized carbons (Fsp3) is 0.769. The molecule has 1 aliphatic rings. The van der Waals surface area contributed by atoms with E-state index in [4.69, 9.17) is 9.47 Å². The molecule has 0 bridgehead atoms. The van der Waals surface area contributed by atoms with Gasteiger partial charge in [0.15, 0.2) is 0 Å². The molecule has 1 atom stereocenters. The Bertz CT molecular complexity index is 266. The zero-order chi connectivity index (χ0) is 12.2. The van der Waals surface area contributed by atoms with Gasteiger partial charge in [-0.1, -0.05) is 26.8 Å². The molecular weight excluding hydrogens is 204 g/mol. The van der Waals surface area contributed by atoms with Crippen LogP contribution in [0.2, 0.25) is 0 Å². The van der Waals surface area contributed by atoms with E-state index in [0.29, 0.717) is 18.8 Å². The lowest BCUT2D eigenvalue weighted by Gasteiger charge is -2.46. The van der Waals surface area contributed by atoms with Crippen LogP contribution in [0.15, 0.2) is 12.2 Å². The molecule has 1 rings (SSSR count). The minimum absolute atomic E-state index is 0.0367. The summed E-state index contributed by atoms with van der Waals surface area (Å²) in [4.78, 5) is 11.5. The van der Waals surface area contributed by atoms with Crippen molar-refractivity contribution in [1.29, 1.82) is 0 Å². The summed E-state index contributed by atoms with van der Waals surface area (Å²) in [6.45, 7) is 10.9. The van der Waals surface area contributed by atoms with Crippen molar-refractivity contribution < 1.29 is 14.3 Å². The number of carbonyl (C=O) groups is 1. The second-order valence-corrected chi connectivity index (χ2v) is 4.69. The van der Waals surface area contributed by atoms with Crippen molar-refractivity contribution in [3.05, 3.63) is 12.2 Å². The molecule has 0 radical (unpaired) electrons. The number of carbonyl (C=O) groups excluding carboxylic acids is 1. The van der Waals surface area contributed by atoms with E-state index in [9.17, 15) is 4.79 Å². The Morgan fingerprint density at radius 3 is 2.44 bits per heavy atom. The van der Waals surface area contributed by atoms with E-state index in [1.54, 1.807) is 6.92 Å². The Morgan fingerprint density at radius 1 is 1.50 bits per heavy atom. The highest BCUT2D eigenvalue weighted by molar-refractivity contribution is 5.87.